The standard InChI is InChI=1S/C11H11IN2O3/c12-6-1-2-9(15)8(3-6)11(17)14-7-4-10(16)13-5-7/h1-3,7,15H,4-5H2,(H,13,16)(H,14,17). The molecule has 1 aromatic rings. The van der Waals surface area contributed by atoms with Crippen LogP contribution in [0.4, 0.5) is 0 Å². The van der Waals surface area contributed by atoms with Crippen molar-refractivity contribution in [3.8, 4) is 5.75 Å². The van der Waals surface area contributed by atoms with E-state index in [2.05, 4.69) is 33.2 Å². The van der Waals surface area contributed by atoms with Crippen LogP contribution in [0.3, 0.4) is 0 Å². The Morgan fingerprint density at radius 3 is 2.94 bits per heavy atom. The Balaban J connectivity index is 2.09. The minimum atomic E-state index is -0.359. The van der Waals surface area contributed by atoms with Crippen molar-refractivity contribution in [3.05, 3.63) is 27.3 Å². The van der Waals surface area contributed by atoms with Gasteiger partial charge in [-0.25, -0.2) is 0 Å². The van der Waals surface area contributed by atoms with Gasteiger partial charge < -0.3 is 15.7 Å². The SMILES string of the molecule is O=C1CC(NC(=O)c2cc(I)ccc2O)CN1. The van der Waals surface area contributed by atoms with Crippen molar-refractivity contribution in [3.63, 3.8) is 0 Å². The third-order valence-electron chi connectivity index (χ3n) is 2.52. The highest BCUT2D eigenvalue weighted by molar-refractivity contribution is 14.1. The molecule has 0 aromatic heterocycles. The highest BCUT2D eigenvalue weighted by Crippen LogP contribution is 2.19. The lowest BCUT2D eigenvalue weighted by molar-refractivity contribution is -0.119. The molecule has 0 bridgehead atoms. The smallest absolute Gasteiger partial charge is 0.255 e. The number of carbonyl (C=O) groups excluding carboxylic acids is 2. The van der Waals surface area contributed by atoms with E-state index in [4.69, 9.17) is 0 Å². The van der Waals surface area contributed by atoms with E-state index in [1.54, 1.807) is 12.1 Å². The molecule has 1 aromatic carbocycles. The number of phenols is 1. The van der Waals surface area contributed by atoms with E-state index < -0.39 is 0 Å². The molecule has 0 spiro atoms. The molecule has 1 saturated heterocycles. The van der Waals surface area contributed by atoms with E-state index in [9.17, 15) is 14.7 Å². The maximum atomic E-state index is 11.9. The number of hydrogen-bond acceptors (Lipinski definition) is 3. The number of carbonyl (C=O) groups is 2. The van der Waals surface area contributed by atoms with E-state index in [1.165, 1.54) is 6.07 Å². The molecular weight excluding hydrogens is 335 g/mol. The molecule has 1 unspecified atom stereocenters. The topological polar surface area (TPSA) is 78.4 Å². The van der Waals surface area contributed by atoms with Crippen LogP contribution in [0.5, 0.6) is 5.75 Å². The van der Waals surface area contributed by atoms with Gasteiger partial charge in [0.05, 0.1) is 11.6 Å². The molecule has 1 heterocycles. The summed E-state index contributed by atoms with van der Waals surface area (Å²) in [5, 5.41) is 14.9. The average Bonchev–Trinajstić information content (AvgIpc) is 2.67. The normalized spacial score (nSPS) is 18.9. The lowest BCUT2D eigenvalue weighted by Crippen LogP contribution is -2.36. The monoisotopic (exact) mass is 346 g/mol. The summed E-state index contributed by atoms with van der Waals surface area (Å²) in [5.41, 5.74) is 0.233. The van der Waals surface area contributed by atoms with Crippen LogP contribution in [0.2, 0.25) is 0 Å². The van der Waals surface area contributed by atoms with Crippen molar-refractivity contribution in [1.29, 1.82) is 0 Å². The fourth-order valence-corrected chi connectivity index (χ4v) is 2.15. The maximum absolute atomic E-state index is 11.9. The minimum absolute atomic E-state index is 0.0554. The van der Waals surface area contributed by atoms with Gasteiger partial charge >= 0.3 is 0 Å². The Morgan fingerprint density at radius 2 is 2.29 bits per heavy atom. The zero-order valence-corrected chi connectivity index (χ0v) is 11.0. The van der Waals surface area contributed by atoms with Crippen LogP contribution >= 0.6 is 22.6 Å². The Morgan fingerprint density at radius 1 is 1.53 bits per heavy atom. The number of benzene rings is 1. The van der Waals surface area contributed by atoms with Gasteiger partial charge in [-0.3, -0.25) is 9.59 Å². The van der Waals surface area contributed by atoms with Gasteiger partial charge in [-0.2, -0.15) is 0 Å². The van der Waals surface area contributed by atoms with Gasteiger partial charge in [0.25, 0.3) is 5.91 Å². The number of halogens is 1. The second-order valence-electron chi connectivity index (χ2n) is 3.84. The first kappa shape index (κ1) is 12.2. The van der Waals surface area contributed by atoms with Gasteiger partial charge in [0.1, 0.15) is 5.75 Å². The lowest BCUT2D eigenvalue weighted by atomic mass is 10.1. The largest absolute Gasteiger partial charge is 0.507 e. The van der Waals surface area contributed by atoms with Crippen molar-refractivity contribution in [1.82, 2.24) is 10.6 Å². The molecule has 0 saturated carbocycles. The lowest BCUT2D eigenvalue weighted by Gasteiger charge is -2.11. The molecule has 5 nitrogen and oxygen atoms in total. The first-order valence-corrected chi connectivity index (χ1v) is 6.20. The molecule has 1 aliphatic heterocycles. The fraction of sp³-hybridized carbons (Fsp3) is 0.273. The summed E-state index contributed by atoms with van der Waals surface area (Å²) in [6, 6.07) is 4.60. The van der Waals surface area contributed by atoms with E-state index in [-0.39, 0.29) is 35.6 Å². The van der Waals surface area contributed by atoms with E-state index in [0.717, 1.165) is 3.57 Å². The number of nitrogens with one attached hydrogen (secondary N) is 2. The summed E-state index contributed by atoms with van der Waals surface area (Å²) >= 11 is 2.07. The highest BCUT2D eigenvalue weighted by atomic mass is 127. The van der Waals surface area contributed by atoms with Gasteiger partial charge in [0.15, 0.2) is 0 Å². The van der Waals surface area contributed by atoms with Crippen molar-refractivity contribution < 1.29 is 14.7 Å². The summed E-state index contributed by atoms with van der Waals surface area (Å²) in [6.07, 6.45) is 0.288. The number of amides is 2. The van der Waals surface area contributed by atoms with Crippen LogP contribution in [0.1, 0.15) is 16.8 Å². The highest BCUT2D eigenvalue weighted by Gasteiger charge is 2.24. The average molecular weight is 346 g/mol. The molecule has 2 rings (SSSR count). The Bertz CT molecular complexity index is 476. The molecular formula is C11H11IN2O3. The second kappa shape index (κ2) is 4.91. The first-order valence-electron chi connectivity index (χ1n) is 5.12. The Hall–Kier alpha value is -1.31. The van der Waals surface area contributed by atoms with Crippen LogP contribution in [0.25, 0.3) is 0 Å². The quantitative estimate of drug-likeness (QED) is 0.687. The third kappa shape index (κ3) is 2.87. The number of aromatic hydroxyl groups is 1. The summed E-state index contributed by atoms with van der Waals surface area (Å²) < 4.78 is 0.867. The summed E-state index contributed by atoms with van der Waals surface area (Å²) in [5.74, 6) is -0.482. The molecule has 6 heteroatoms. The van der Waals surface area contributed by atoms with E-state index in [1.807, 2.05) is 0 Å². The van der Waals surface area contributed by atoms with Crippen LogP contribution in [0.15, 0.2) is 18.2 Å². The molecule has 1 aliphatic rings. The van der Waals surface area contributed by atoms with E-state index in [0.29, 0.717) is 6.54 Å². The Labute approximate surface area is 112 Å². The van der Waals surface area contributed by atoms with Gasteiger partial charge in [-0.1, -0.05) is 0 Å². The van der Waals surface area contributed by atoms with Gasteiger partial charge in [0.2, 0.25) is 5.91 Å². The molecule has 17 heavy (non-hydrogen) atoms. The van der Waals surface area contributed by atoms with Crippen molar-refractivity contribution >= 4 is 34.4 Å². The summed E-state index contributed by atoms with van der Waals surface area (Å²) in [7, 11) is 0. The molecule has 1 fully saturated rings. The van der Waals surface area contributed by atoms with Crippen LogP contribution in [-0.4, -0.2) is 29.5 Å². The van der Waals surface area contributed by atoms with Crippen LogP contribution in [0, 0.1) is 3.57 Å². The predicted molar refractivity (Wildman–Crippen MR) is 69.7 cm³/mol. The summed E-state index contributed by atoms with van der Waals surface area (Å²) in [4.78, 5) is 22.8. The van der Waals surface area contributed by atoms with Crippen molar-refractivity contribution in [2.24, 2.45) is 0 Å². The van der Waals surface area contributed by atoms with Gasteiger partial charge in [-0.15, -0.1) is 0 Å². The van der Waals surface area contributed by atoms with Crippen LogP contribution in [-0.2, 0) is 4.79 Å². The molecule has 90 valence electrons. The molecule has 1 atom stereocenters. The maximum Gasteiger partial charge on any atom is 0.255 e. The van der Waals surface area contributed by atoms with Crippen molar-refractivity contribution in [2.45, 2.75) is 12.5 Å². The van der Waals surface area contributed by atoms with E-state index >= 15 is 0 Å². The minimum Gasteiger partial charge on any atom is -0.507 e. The van der Waals surface area contributed by atoms with Crippen molar-refractivity contribution in [2.75, 3.05) is 6.54 Å². The molecule has 2 amide bonds. The zero-order chi connectivity index (χ0) is 12.4. The Kier molecular flexibility index (Phi) is 3.51. The predicted octanol–water partition coefficient (Wildman–Crippen LogP) is 0.615. The molecule has 0 aliphatic carbocycles. The number of hydrogen-bond donors (Lipinski definition) is 3. The second-order valence-corrected chi connectivity index (χ2v) is 5.09. The fourth-order valence-electron chi connectivity index (χ4n) is 1.66. The summed E-state index contributed by atoms with van der Waals surface area (Å²) in [6.45, 7) is 0.440. The van der Waals surface area contributed by atoms with Crippen LogP contribution < -0.4 is 10.6 Å². The molecule has 3 N–H and O–H groups in total. The first-order chi connectivity index (χ1) is 8.06. The zero-order valence-electron chi connectivity index (χ0n) is 8.87. The number of phenolic OH excluding ortho intramolecular Hbond substituents is 1. The molecule has 0 radical (unpaired) electrons. The third-order valence-corrected chi connectivity index (χ3v) is 3.19. The van der Waals surface area contributed by atoms with Gasteiger partial charge in [0, 0.05) is 16.5 Å². The number of rotatable bonds is 2. The van der Waals surface area contributed by atoms with Gasteiger partial charge in [-0.05, 0) is 40.8 Å².